The molecule has 0 aromatic heterocycles. The zero-order valence-electron chi connectivity index (χ0n) is 32.8. The van der Waals surface area contributed by atoms with Crippen molar-refractivity contribution in [3.05, 3.63) is 199 Å². The van der Waals surface area contributed by atoms with Crippen LogP contribution in [0.15, 0.2) is 188 Å². The molecule has 8 aromatic carbocycles. The highest BCUT2D eigenvalue weighted by Gasteiger charge is 2.43. The SMILES string of the molecule is Cc1cc2c3c(c1)N(c1ccc(C(C)(C)C)cc1-c1ccccc1)c1ccc(-c4ccccc4)cc1B3c1ccc(N(c3ccccc3)c3ccccc3)cc1O2. The molecule has 0 radical (unpaired) electrons. The van der Waals surface area contributed by atoms with Crippen LogP contribution in [0, 0.1) is 6.92 Å². The molecule has 2 aliphatic rings. The van der Waals surface area contributed by atoms with Crippen LogP contribution >= 0.6 is 0 Å². The molecule has 0 amide bonds. The van der Waals surface area contributed by atoms with Gasteiger partial charge < -0.3 is 14.5 Å². The first-order valence-corrected chi connectivity index (χ1v) is 19.9. The Hall–Kier alpha value is -6.78. The lowest BCUT2D eigenvalue weighted by molar-refractivity contribution is 0.487. The molecule has 2 heterocycles. The van der Waals surface area contributed by atoms with Crippen molar-refractivity contribution in [3.63, 3.8) is 0 Å². The maximum absolute atomic E-state index is 7.11. The topological polar surface area (TPSA) is 15.7 Å². The van der Waals surface area contributed by atoms with Gasteiger partial charge in [0.1, 0.15) is 11.5 Å². The van der Waals surface area contributed by atoms with Crippen LogP contribution in [0.3, 0.4) is 0 Å². The number of hydrogen-bond acceptors (Lipinski definition) is 3. The molecule has 274 valence electrons. The Balaban J connectivity index is 1.21. The number of ether oxygens (including phenoxy) is 1. The average Bonchev–Trinajstić information content (AvgIpc) is 3.24. The molecule has 4 heteroatoms. The van der Waals surface area contributed by atoms with E-state index in [9.17, 15) is 0 Å². The minimum atomic E-state index is -0.0424. The Morgan fingerprint density at radius 2 is 1.09 bits per heavy atom. The van der Waals surface area contributed by atoms with Gasteiger partial charge in [0, 0.05) is 40.1 Å². The van der Waals surface area contributed by atoms with Gasteiger partial charge in [0.25, 0.3) is 6.71 Å². The summed E-state index contributed by atoms with van der Waals surface area (Å²) in [6.07, 6.45) is 0. The molecule has 0 fully saturated rings. The Labute approximate surface area is 336 Å². The lowest BCUT2D eigenvalue weighted by Crippen LogP contribution is -2.59. The van der Waals surface area contributed by atoms with E-state index in [0.717, 1.165) is 51.0 Å². The minimum Gasteiger partial charge on any atom is -0.458 e. The van der Waals surface area contributed by atoms with E-state index in [0.29, 0.717) is 0 Å². The highest BCUT2D eigenvalue weighted by molar-refractivity contribution is 6.99. The van der Waals surface area contributed by atoms with Gasteiger partial charge in [-0.15, -0.1) is 0 Å². The molecule has 0 unspecified atom stereocenters. The number of benzene rings is 8. The van der Waals surface area contributed by atoms with E-state index in [2.05, 4.69) is 226 Å². The molecule has 0 atom stereocenters. The standard InChI is InChI=1S/C53H43BN2O/c1-36-31-49-52-51(32-36)57-50-35-43(55(41-21-13-7-14-22-41)42-23-15-8-16-24-42)27-28-45(50)54(52)46-33-39(37-17-9-5-10-18-37)25-29-48(46)56(49)47-30-26-40(53(2,3)4)34-44(47)38-19-11-6-12-20-38/h5-35H,1-4H3. The molecule has 0 aliphatic carbocycles. The van der Waals surface area contributed by atoms with Crippen molar-refractivity contribution in [1.29, 1.82) is 0 Å². The smallest absolute Gasteiger partial charge is 0.256 e. The molecule has 0 saturated carbocycles. The number of anilines is 6. The van der Waals surface area contributed by atoms with Crippen molar-refractivity contribution in [2.75, 3.05) is 9.80 Å². The third-order valence-corrected chi connectivity index (χ3v) is 11.5. The van der Waals surface area contributed by atoms with Crippen LogP contribution in [-0.4, -0.2) is 6.71 Å². The fourth-order valence-corrected chi connectivity index (χ4v) is 8.73. The zero-order valence-corrected chi connectivity index (χ0v) is 32.8. The first kappa shape index (κ1) is 34.7. The van der Waals surface area contributed by atoms with Crippen LogP contribution in [-0.2, 0) is 5.41 Å². The monoisotopic (exact) mass is 734 g/mol. The normalized spacial score (nSPS) is 12.6. The summed E-state index contributed by atoms with van der Waals surface area (Å²) < 4.78 is 7.11. The van der Waals surface area contributed by atoms with E-state index in [1.165, 1.54) is 44.4 Å². The Kier molecular flexibility index (Phi) is 8.37. The van der Waals surface area contributed by atoms with Gasteiger partial charge in [0.15, 0.2) is 0 Å². The Morgan fingerprint density at radius 1 is 0.474 bits per heavy atom. The van der Waals surface area contributed by atoms with Gasteiger partial charge in [-0.3, -0.25) is 0 Å². The zero-order chi connectivity index (χ0) is 38.7. The van der Waals surface area contributed by atoms with Gasteiger partial charge in [-0.1, -0.05) is 142 Å². The quantitative estimate of drug-likeness (QED) is 0.158. The largest absolute Gasteiger partial charge is 0.458 e. The summed E-state index contributed by atoms with van der Waals surface area (Å²) >= 11 is 0. The number of rotatable bonds is 6. The fraction of sp³-hybridized carbons (Fsp3) is 0.0943. The summed E-state index contributed by atoms with van der Waals surface area (Å²) in [5.41, 5.74) is 17.6. The molecule has 2 aliphatic heterocycles. The van der Waals surface area contributed by atoms with Crippen LogP contribution in [0.5, 0.6) is 11.5 Å². The molecule has 0 saturated heterocycles. The predicted molar refractivity (Wildman–Crippen MR) is 241 cm³/mol. The molecular weight excluding hydrogens is 691 g/mol. The average molecular weight is 735 g/mol. The first-order chi connectivity index (χ1) is 27.8. The summed E-state index contributed by atoms with van der Waals surface area (Å²) in [5, 5.41) is 0. The molecule has 3 nitrogen and oxygen atoms in total. The van der Waals surface area contributed by atoms with Crippen LogP contribution in [0.1, 0.15) is 31.9 Å². The fourth-order valence-electron chi connectivity index (χ4n) is 8.73. The van der Waals surface area contributed by atoms with Crippen molar-refractivity contribution in [2.45, 2.75) is 33.1 Å². The minimum absolute atomic E-state index is 0.00689. The molecule has 8 aromatic rings. The van der Waals surface area contributed by atoms with Crippen molar-refractivity contribution in [2.24, 2.45) is 0 Å². The summed E-state index contributed by atoms with van der Waals surface area (Å²) in [7, 11) is 0. The molecular formula is C53H43BN2O. The number of para-hydroxylation sites is 2. The summed E-state index contributed by atoms with van der Waals surface area (Å²) in [6, 6.07) is 68.1. The lowest BCUT2D eigenvalue weighted by atomic mass is 9.34. The second kappa shape index (κ2) is 13.8. The van der Waals surface area contributed by atoms with Crippen LogP contribution in [0.25, 0.3) is 22.3 Å². The van der Waals surface area contributed by atoms with E-state index in [1.54, 1.807) is 0 Å². The second-order valence-electron chi connectivity index (χ2n) is 16.3. The van der Waals surface area contributed by atoms with E-state index < -0.39 is 0 Å². The highest BCUT2D eigenvalue weighted by atomic mass is 16.5. The Morgan fingerprint density at radius 3 is 1.74 bits per heavy atom. The maximum atomic E-state index is 7.11. The van der Waals surface area contributed by atoms with Crippen molar-refractivity contribution in [1.82, 2.24) is 0 Å². The van der Waals surface area contributed by atoms with Gasteiger partial charge >= 0.3 is 0 Å². The first-order valence-electron chi connectivity index (χ1n) is 19.9. The second-order valence-corrected chi connectivity index (χ2v) is 16.3. The lowest BCUT2D eigenvalue weighted by Gasteiger charge is -2.41. The van der Waals surface area contributed by atoms with Gasteiger partial charge in [-0.05, 0) is 117 Å². The summed E-state index contributed by atoms with van der Waals surface area (Å²) in [4.78, 5) is 4.80. The number of nitrogens with zero attached hydrogens (tertiary/aromatic N) is 2. The summed E-state index contributed by atoms with van der Waals surface area (Å²) in [5.74, 6) is 1.78. The molecule has 0 N–H and O–H groups in total. The number of hydrogen-bond donors (Lipinski definition) is 0. The van der Waals surface area contributed by atoms with Crippen molar-refractivity contribution in [3.8, 4) is 33.8 Å². The van der Waals surface area contributed by atoms with E-state index in [4.69, 9.17) is 4.74 Å². The molecule has 0 spiro atoms. The van der Waals surface area contributed by atoms with Gasteiger partial charge in [-0.25, -0.2) is 0 Å². The third kappa shape index (κ3) is 6.09. The van der Waals surface area contributed by atoms with E-state index >= 15 is 0 Å². The van der Waals surface area contributed by atoms with Gasteiger partial charge in [0.05, 0.1) is 5.69 Å². The predicted octanol–water partition coefficient (Wildman–Crippen LogP) is 12.5. The maximum Gasteiger partial charge on any atom is 0.256 e. The highest BCUT2D eigenvalue weighted by Crippen LogP contribution is 2.47. The van der Waals surface area contributed by atoms with Gasteiger partial charge in [0.2, 0.25) is 0 Å². The van der Waals surface area contributed by atoms with E-state index in [1.807, 2.05) is 0 Å². The number of fused-ring (bicyclic) bond motifs is 4. The molecule has 0 bridgehead atoms. The van der Waals surface area contributed by atoms with Crippen molar-refractivity contribution >= 4 is 57.2 Å². The molecule has 57 heavy (non-hydrogen) atoms. The third-order valence-electron chi connectivity index (χ3n) is 11.5. The van der Waals surface area contributed by atoms with Crippen LogP contribution in [0.2, 0.25) is 0 Å². The van der Waals surface area contributed by atoms with Crippen molar-refractivity contribution < 1.29 is 4.74 Å². The van der Waals surface area contributed by atoms with Crippen LogP contribution in [0.4, 0.5) is 34.1 Å². The summed E-state index contributed by atoms with van der Waals surface area (Å²) in [6.45, 7) is 9.01. The van der Waals surface area contributed by atoms with E-state index in [-0.39, 0.29) is 12.1 Å². The van der Waals surface area contributed by atoms with Crippen LogP contribution < -0.4 is 30.9 Å². The molecule has 10 rings (SSSR count). The Bertz CT molecular complexity index is 2720. The number of aryl methyl sites for hydroxylation is 1. The van der Waals surface area contributed by atoms with Gasteiger partial charge in [-0.2, -0.15) is 0 Å².